The molecular formula is C30H30ClF2N5O4. The molecular weight excluding hydrogens is 568 g/mol. The number of imidazole rings is 1. The third kappa shape index (κ3) is 5.74. The molecule has 5 rings (SSSR count). The van der Waals surface area contributed by atoms with Crippen LogP contribution < -0.4 is 10.6 Å². The van der Waals surface area contributed by atoms with Gasteiger partial charge in [-0.05, 0) is 62.1 Å². The number of rotatable bonds is 3. The lowest BCUT2D eigenvalue weighted by molar-refractivity contribution is -0.129. The van der Waals surface area contributed by atoms with Crippen molar-refractivity contribution in [3.05, 3.63) is 70.1 Å². The molecule has 12 heteroatoms. The van der Waals surface area contributed by atoms with Gasteiger partial charge in [0.2, 0.25) is 11.8 Å². The van der Waals surface area contributed by atoms with Crippen LogP contribution in [0, 0.1) is 24.5 Å². The number of H-pyrrole nitrogens is 1. The number of halogens is 3. The molecule has 3 heterocycles. The summed E-state index contributed by atoms with van der Waals surface area (Å²) in [5.41, 5.74) is 2.77. The van der Waals surface area contributed by atoms with E-state index in [2.05, 4.69) is 20.4 Å². The van der Waals surface area contributed by atoms with E-state index in [-0.39, 0.29) is 40.9 Å². The molecule has 42 heavy (non-hydrogen) atoms. The highest BCUT2D eigenvalue weighted by Gasteiger charge is 2.32. The van der Waals surface area contributed by atoms with Crippen molar-refractivity contribution in [2.75, 3.05) is 24.3 Å². The van der Waals surface area contributed by atoms with Gasteiger partial charge in [-0.15, -0.1) is 0 Å². The van der Waals surface area contributed by atoms with Crippen molar-refractivity contribution in [1.82, 2.24) is 14.9 Å². The molecule has 3 aromatic rings. The molecule has 3 N–H and O–H groups in total. The topological polar surface area (TPSA) is 116 Å². The Balaban J connectivity index is 1.53. The molecule has 2 aliphatic rings. The van der Waals surface area contributed by atoms with Crippen LogP contribution in [0.2, 0.25) is 5.02 Å². The second kappa shape index (κ2) is 11.9. The maximum absolute atomic E-state index is 14.7. The zero-order valence-corrected chi connectivity index (χ0v) is 24.1. The van der Waals surface area contributed by atoms with Gasteiger partial charge in [-0.3, -0.25) is 14.9 Å². The molecule has 2 aliphatic heterocycles. The fourth-order valence-electron chi connectivity index (χ4n) is 5.43. The number of anilines is 2. The molecule has 0 fully saturated rings. The lowest BCUT2D eigenvalue weighted by Gasteiger charge is -2.33. The summed E-state index contributed by atoms with van der Waals surface area (Å²) >= 11 is 5.89. The summed E-state index contributed by atoms with van der Waals surface area (Å²) in [7, 11) is 1.26. The van der Waals surface area contributed by atoms with E-state index in [9.17, 15) is 23.2 Å². The van der Waals surface area contributed by atoms with Crippen LogP contribution in [0.5, 0.6) is 0 Å². The summed E-state index contributed by atoms with van der Waals surface area (Å²) < 4.78 is 33.9. The molecule has 0 radical (unpaired) electrons. The molecule has 220 valence electrons. The average Bonchev–Trinajstić information content (AvgIpc) is 3.34. The number of nitrogens with one attached hydrogen (secondary N) is 3. The number of aromatic amines is 1. The zero-order chi connectivity index (χ0) is 30.1. The largest absolute Gasteiger partial charge is 0.453 e. The number of hydrogen-bond donors (Lipinski definition) is 3. The summed E-state index contributed by atoms with van der Waals surface area (Å²) in [6.45, 7) is 3.89. The number of aromatic nitrogens is 2. The summed E-state index contributed by atoms with van der Waals surface area (Å²) in [6, 6.07) is 6.83. The van der Waals surface area contributed by atoms with Crippen LogP contribution >= 0.6 is 11.6 Å². The number of hydrogen-bond acceptors (Lipinski definition) is 5. The predicted molar refractivity (Wildman–Crippen MR) is 155 cm³/mol. The summed E-state index contributed by atoms with van der Waals surface area (Å²) in [4.78, 5) is 48.2. The minimum atomic E-state index is -0.891. The van der Waals surface area contributed by atoms with E-state index in [1.54, 1.807) is 23.1 Å². The highest BCUT2D eigenvalue weighted by atomic mass is 35.5. The Morgan fingerprint density at radius 2 is 1.98 bits per heavy atom. The van der Waals surface area contributed by atoms with Crippen molar-refractivity contribution in [2.45, 2.75) is 45.6 Å². The Bertz CT molecular complexity index is 1600. The first-order chi connectivity index (χ1) is 20.1. The van der Waals surface area contributed by atoms with E-state index in [1.807, 2.05) is 13.8 Å². The maximum atomic E-state index is 14.7. The number of aryl methyl sites for hydroxylation is 1. The Labute approximate surface area is 246 Å². The van der Waals surface area contributed by atoms with Crippen LogP contribution in [0.3, 0.4) is 0 Å². The van der Waals surface area contributed by atoms with E-state index >= 15 is 0 Å². The van der Waals surface area contributed by atoms with Gasteiger partial charge in [0.05, 0.1) is 35.1 Å². The van der Waals surface area contributed by atoms with Gasteiger partial charge < -0.3 is 19.9 Å². The van der Waals surface area contributed by atoms with E-state index < -0.39 is 29.7 Å². The smallest absolute Gasteiger partial charge is 0.411 e. The fraction of sp³-hybridized carbons (Fsp3) is 0.333. The molecule has 0 aliphatic carbocycles. The van der Waals surface area contributed by atoms with E-state index in [1.165, 1.54) is 13.2 Å². The number of benzene rings is 2. The Morgan fingerprint density at radius 3 is 2.71 bits per heavy atom. The first-order valence-electron chi connectivity index (χ1n) is 13.6. The van der Waals surface area contributed by atoms with Crippen molar-refractivity contribution >= 4 is 46.5 Å². The highest BCUT2D eigenvalue weighted by Crippen LogP contribution is 2.38. The molecule has 0 saturated heterocycles. The van der Waals surface area contributed by atoms with E-state index in [0.29, 0.717) is 47.7 Å². The molecule has 9 nitrogen and oxygen atoms in total. The highest BCUT2D eigenvalue weighted by molar-refractivity contribution is 6.31. The lowest BCUT2D eigenvalue weighted by atomic mass is 9.95. The summed E-state index contributed by atoms with van der Waals surface area (Å²) in [6.07, 6.45) is 2.52. The monoisotopic (exact) mass is 597 g/mol. The summed E-state index contributed by atoms with van der Waals surface area (Å²) in [5, 5.41) is 5.36. The quantitative estimate of drug-likeness (QED) is 0.294. The standard InChI is InChI=1S/C30H30ClF2N5O4/c1-15-5-4-6-23(38-12-11-17(13-24(38)39)25-21(32)10-9-20(31)26(25)33)28-34-16(2)27(37-28)19-8-7-18(35-30(41)42-3)14-22(19)36-29(15)40/h7-10,13-15,23H,4-6,11-12H2,1-3H3,(H,34,37)(H,35,41)(H,36,40). The van der Waals surface area contributed by atoms with Crippen LogP contribution in [0.25, 0.3) is 16.8 Å². The maximum Gasteiger partial charge on any atom is 0.411 e. The van der Waals surface area contributed by atoms with Crippen LogP contribution in [-0.2, 0) is 14.3 Å². The van der Waals surface area contributed by atoms with Gasteiger partial charge in [0.25, 0.3) is 0 Å². The molecule has 2 aromatic carbocycles. The Morgan fingerprint density at radius 1 is 1.19 bits per heavy atom. The molecule has 0 saturated carbocycles. The van der Waals surface area contributed by atoms with Gasteiger partial charge in [0, 0.05) is 35.5 Å². The Kier molecular flexibility index (Phi) is 8.31. The fourth-order valence-corrected chi connectivity index (χ4v) is 5.59. The van der Waals surface area contributed by atoms with Crippen molar-refractivity contribution in [3.63, 3.8) is 0 Å². The predicted octanol–water partition coefficient (Wildman–Crippen LogP) is 6.61. The van der Waals surface area contributed by atoms with Crippen molar-refractivity contribution < 1.29 is 27.9 Å². The molecule has 3 amide bonds. The number of amides is 3. The molecule has 0 spiro atoms. The normalized spacial score (nSPS) is 19.2. The van der Waals surface area contributed by atoms with Crippen LogP contribution in [-0.4, -0.2) is 46.4 Å². The lowest BCUT2D eigenvalue weighted by Crippen LogP contribution is -2.38. The first kappa shape index (κ1) is 29.2. The van der Waals surface area contributed by atoms with E-state index in [0.717, 1.165) is 17.8 Å². The van der Waals surface area contributed by atoms with Crippen LogP contribution in [0.4, 0.5) is 25.0 Å². The molecule has 2 unspecified atom stereocenters. The minimum absolute atomic E-state index is 0.191. The SMILES string of the molecule is COC(=O)Nc1ccc2c(c1)NC(=O)C(C)CCCC(N1CCC(c3c(F)ccc(Cl)c3F)=CC1=O)c1nc-2c(C)[nH]1. The molecule has 1 aromatic heterocycles. The second-order valence-electron chi connectivity index (χ2n) is 10.5. The number of ether oxygens (including phenoxy) is 1. The number of carbonyl (C=O) groups is 3. The van der Waals surface area contributed by atoms with Gasteiger partial charge in [0.1, 0.15) is 11.6 Å². The van der Waals surface area contributed by atoms with Crippen molar-refractivity contribution in [2.24, 2.45) is 5.92 Å². The van der Waals surface area contributed by atoms with Gasteiger partial charge in [-0.1, -0.05) is 24.9 Å². The van der Waals surface area contributed by atoms with Crippen LogP contribution in [0.1, 0.15) is 55.7 Å². The second-order valence-corrected chi connectivity index (χ2v) is 10.9. The third-order valence-corrected chi connectivity index (χ3v) is 7.98. The number of nitrogens with zero attached hydrogens (tertiary/aromatic N) is 2. The minimum Gasteiger partial charge on any atom is -0.453 e. The van der Waals surface area contributed by atoms with Gasteiger partial charge >= 0.3 is 6.09 Å². The molecule has 2 bridgehead atoms. The van der Waals surface area contributed by atoms with Crippen molar-refractivity contribution in [1.29, 1.82) is 0 Å². The van der Waals surface area contributed by atoms with E-state index in [4.69, 9.17) is 16.6 Å². The van der Waals surface area contributed by atoms with Gasteiger partial charge in [0.15, 0.2) is 5.82 Å². The van der Waals surface area contributed by atoms with Gasteiger partial charge in [-0.25, -0.2) is 18.6 Å². The number of methoxy groups -OCH3 is 1. The van der Waals surface area contributed by atoms with Crippen LogP contribution in [0.15, 0.2) is 36.4 Å². The number of carbonyl (C=O) groups excluding carboxylic acids is 3. The Hall–Kier alpha value is -4.25. The summed E-state index contributed by atoms with van der Waals surface area (Å²) in [5.74, 6) is -2.03. The average molecular weight is 598 g/mol. The number of fused-ring (bicyclic) bond motifs is 4. The van der Waals surface area contributed by atoms with Crippen molar-refractivity contribution in [3.8, 4) is 11.3 Å². The molecule has 2 atom stereocenters. The zero-order valence-electron chi connectivity index (χ0n) is 23.3. The third-order valence-electron chi connectivity index (χ3n) is 7.69. The first-order valence-corrected chi connectivity index (χ1v) is 14.0. The van der Waals surface area contributed by atoms with Gasteiger partial charge in [-0.2, -0.15) is 0 Å².